The Morgan fingerprint density at radius 2 is 1.80 bits per heavy atom. The Labute approximate surface area is 60.9 Å². The zero-order chi connectivity index (χ0) is 7.45. The van der Waals surface area contributed by atoms with Gasteiger partial charge in [-0.25, -0.2) is 0 Å². The van der Waals surface area contributed by atoms with Crippen molar-refractivity contribution in [2.75, 3.05) is 33.0 Å². The Kier molecular flexibility index (Phi) is 2.65. The molecular formula is C7H14O3. The van der Waals surface area contributed by atoms with E-state index in [1.54, 1.807) is 0 Å². The summed E-state index contributed by atoms with van der Waals surface area (Å²) < 4.78 is 10.4. The highest BCUT2D eigenvalue weighted by Crippen LogP contribution is 2.18. The van der Waals surface area contributed by atoms with Crippen molar-refractivity contribution in [3.8, 4) is 0 Å². The average molecular weight is 146 g/mol. The summed E-state index contributed by atoms with van der Waals surface area (Å²) in [5.41, 5.74) is -0.184. The smallest absolute Gasteiger partial charge is 0.0700 e. The Morgan fingerprint density at radius 1 is 1.30 bits per heavy atom. The van der Waals surface area contributed by atoms with Gasteiger partial charge in [-0.2, -0.15) is 0 Å². The molecule has 1 aliphatic rings. The second-order valence-electron chi connectivity index (χ2n) is 3.07. The molecule has 0 atom stereocenters. The standard InChI is InChI=1S/C7H14O3/c1-7(4-8)5-9-2-3-10-6-7/h8H,2-6H2,1H3. The van der Waals surface area contributed by atoms with Gasteiger partial charge in [0.15, 0.2) is 0 Å². The molecule has 3 heteroatoms. The van der Waals surface area contributed by atoms with Crippen molar-refractivity contribution < 1.29 is 14.6 Å². The minimum absolute atomic E-state index is 0.132. The zero-order valence-corrected chi connectivity index (χ0v) is 6.30. The molecule has 10 heavy (non-hydrogen) atoms. The molecule has 0 aliphatic carbocycles. The number of hydrogen-bond donors (Lipinski definition) is 1. The fourth-order valence-electron chi connectivity index (χ4n) is 0.888. The van der Waals surface area contributed by atoms with E-state index in [4.69, 9.17) is 14.6 Å². The number of ether oxygens (including phenoxy) is 2. The van der Waals surface area contributed by atoms with E-state index in [-0.39, 0.29) is 12.0 Å². The van der Waals surface area contributed by atoms with E-state index >= 15 is 0 Å². The Bertz CT molecular complexity index is 95.0. The number of rotatable bonds is 1. The largest absolute Gasteiger partial charge is 0.396 e. The van der Waals surface area contributed by atoms with Crippen LogP contribution in [0.15, 0.2) is 0 Å². The number of aliphatic hydroxyl groups excluding tert-OH is 1. The predicted octanol–water partition coefficient (Wildman–Crippen LogP) is 0.0318. The van der Waals surface area contributed by atoms with E-state index in [0.29, 0.717) is 26.4 Å². The van der Waals surface area contributed by atoms with Gasteiger partial charge >= 0.3 is 0 Å². The molecule has 3 nitrogen and oxygen atoms in total. The quantitative estimate of drug-likeness (QED) is 0.567. The summed E-state index contributed by atoms with van der Waals surface area (Å²) in [7, 11) is 0. The summed E-state index contributed by atoms with van der Waals surface area (Å²) in [6.45, 7) is 4.59. The second-order valence-corrected chi connectivity index (χ2v) is 3.07. The van der Waals surface area contributed by atoms with Crippen molar-refractivity contribution >= 4 is 0 Å². The van der Waals surface area contributed by atoms with Crippen LogP contribution in [0.4, 0.5) is 0 Å². The van der Waals surface area contributed by atoms with Crippen molar-refractivity contribution in [2.45, 2.75) is 6.92 Å². The van der Waals surface area contributed by atoms with Crippen molar-refractivity contribution in [3.63, 3.8) is 0 Å². The molecule has 0 spiro atoms. The second kappa shape index (κ2) is 3.32. The third-order valence-corrected chi connectivity index (χ3v) is 1.65. The predicted molar refractivity (Wildman–Crippen MR) is 36.8 cm³/mol. The lowest BCUT2D eigenvalue weighted by molar-refractivity contribution is 0.0180. The third-order valence-electron chi connectivity index (χ3n) is 1.65. The van der Waals surface area contributed by atoms with E-state index < -0.39 is 0 Å². The molecule has 0 radical (unpaired) electrons. The highest BCUT2D eigenvalue weighted by atomic mass is 16.5. The van der Waals surface area contributed by atoms with Crippen LogP contribution in [0.25, 0.3) is 0 Å². The van der Waals surface area contributed by atoms with Crippen LogP contribution in [0, 0.1) is 5.41 Å². The summed E-state index contributed by atoms with van der Waals surface area (Å²) in [6.07, 6.45) is 0. The average Bonchev–Trinajstić information content (AvgIpc) is 2.15. The van der Waals surface area contributed by atoms with Crippen LogP contribution in [-0.4, -0.2) is 38.1 Å². The highest BCUT2D eigenvalue weighted by molar-refractivity contribution is 4.73. The molecule has 1 fully saturated rings. The van der Waals surface area contributed by atoms with Crippen molar-refractivity contribution in [2.24, 2.45) is 5.41 Å². The number of hydrogen-bond acceptors (Lipinski definition) is 3. The first-order chi connectivity index (χ1) is 4.77. The summed E-state index contributed by atoms with van der Waals surface area (Å²) in [5.74, 6) is 0. The molecule has 1 heterocycles. The molecule has 0 aromatic rings. The maximum absolute atomic E-state index is 8.92. The summed E-state index contributed by atoms with van der Waals surface area (Å²) in [4.78, 5) is 0. The summed E-state index contributed by atoms with van der Waals surface area (Å²) >= 11 is 0. The topological polar surface area (TPSA) is 38.7 Å². The molecule has 0 amide bonds. The lowest BCUT2D eigenvalue weighted by atomic mass is 9.95. The van der Waals surface area contributed by atoms with Crippen molar-refractivity contribution in [1.29, 1.82) is 0 Å². The fraction of sp³-hybridized carbons (Fsp3) is 1.00. The lowest BCUT2D eigenvalue weighted by Gasteiger charge is -2.22. The fourth-order valence-corrected chi connectivity index (χ4v) is 0.888. The van der Waals surface area contributed by atoms with Gasteiger partial charge in [-0.05, 0) is 0 Å². The van der Waals surface area contributed by atoms with Gasteiger partial charge in [0.25, 0.3) is 0 Å². The minimum Gasteiger partial charge on any atom is -0.396 e. The van der Waals surface area contributed by atoms with Gasteiger partial charge in [-0.15, -0.1) is 0 Å². The van der Waals surface area contributed by atoms with Crippen molar-refractivity contribution in [3.05, 3.63) is 0 Å². The van der Waals surface area contributed by atoms with Crippen LogP contribution in [-0.2, 0) is 9.47 Å². The van der Waals surface area contributed by atoms with Crippen LogP contribution in [0.1, 0.15) is 6.92 Å². The van der Waals surface area contributed by atoms with E-state index in [9.17, 15) is 0 Å². The monoisotopic (exact) mass is 146 g/mol. The van der Waals surface area contributed by atoms with Crippen LogP contribution in [0.3, 0.4) is 0 Å². The molecule has 1 rings (SSSR count). The third kappa shape index (κ3) is 1.94. The molecule has 1 aliphatic heterocycles. The van der Waals surface area contributed by atoms with Gasteiger partial charge in [0.2, 0.25) is 0 Å². The first-order valence-electron chi connectivity index (χ1n) is 3.53. The van der Waals surface area contributed by atoms with Crippen LogP contribution in [0.2, 0.25) is 0 Å². The molecule has 1 saturated heterocycles. The van der Waals surface area contributed by atoms with E-state index in [0.717, 1.165) is 0 Å². The lowest BCUT2D eigenvalue weighted by Crippen LogP contribution is -2.30. The van der Waals surface area contributed by atoms with Crippen LogP contribution >= 0.6 is 0 Å². The van der Waals surface area contributed by atoms with Crippen LogP contribution in [0.5, 0.6) is 0 Å². The zero-order valence-electron chi connectivity index (χ0n) is 6.30. The Hall–Kier alpha value is -0.120. The molecular weight excluding hydrogens is 132 g/mol. The van der Waals surface area contributed by atoms with Gasteiger partial charge in [0, 0.05) is 5.41 Å². The van der Waals surface area contributed by atoms with E-state index in [1.165, 1.54) is 0 Å². The van der Waals surface area contributed by atoms with Gasteiger partial charge in [-0.3, -0.25) is 0 Å². The first-order valence-corrected chi connectivity index (χ1v) is 3.53. The molecule has 1 N–H and O–H groups in total. The first kappa shape index (κ1) is 7.98. The molecule has 0 aromatic heterocycles. The Morgan fingerprint density at radius 3 is 2.20 bits per heavy atom. The van der Waals surface area contributed by atoms with E-state index in [1.807, 2.05) is 6.92 Å². The van der Waals surface area contributed by atoms with Gasteiger partial charge < -0.3 is 14.6 Å². The van der Waals surface area contributed by atoms with E-state index in [2.05, 4.69) is 0 Å². The minimum atomic E-state index is -0.184. The molecule has 0 bridgehead atoms. The summed E-state index contributed by atoms with van der Waals surface area (Å²) in [5, 5.41) is 8.92. The molecule has 0 unspecified atom stereocenters. The molecule has 0 saturated carbocycles. The molecule has 0 aromatic carbocycles. The molecule has 60 valence electrons. The van der Waals surface area contributed by atoms with Crippen molar-refractivity contribution in [1.82, 2.24) is 0 Å². The maximum Gasteiger partial charge on any atom is 0.0700 e. The maximum atomic E-state index is 8.92. The highest BCUT2D eigenvalue weighted by Gasteiger charge is 2.25. The SMILES string of the molecule is CC1(CO)COCCOC1. The van der Waals surface area contributed by atoms with Gasteiger partial charge in [0.1, 0.15) is 0 Å². The number of aliphatic hydroxyl groups is 1. The van der Waals surface area contributed by atoms with Gasteiger partial charge in [0.05, 0.1) is 33.0 Å². The van der Waals surface area contributed by atoms with Crippen LogP contribution < -0.4 is 0 Å². The Balaban J connectivity index is 2.41. The summed E-state index contributed by atoms with van der Waals surface area (Å²) in [6, 6.07) is 0. The normalized spacial score (nSPS) is 25.8. The van der Waals surface area contributed by atoms with Gasteiger partial charge in [-0.1, -0.05) is 6.92 Å².